The molecule has 104 valence electrons. The lowest BCUT2D eigenvalue weighted by Gasteiger charge is -2.16. The Morgan fingerprint density at radius 1 is 1.25 bits per heavy atom. The predicted molar refractivity (Wildman–Crippen MR) is 74.5 cm³/mol. The summed E-state index contributed by atoms with van der Waals surface area (Å²) >= 11 is 0. The molecule has 0 amide bonds. The topological polar surface area (TPSA) is 52.0 Å². The Hall–Kier alpha value is -1.88. The summed E-state index contributed by atoms with van der Waals surface area (Å²) in [5.74, 6) is 3.17. The fraction of sp³-hybridized carbons (Fsp3) is 0.467. The maximum absolute atomic E-state index is 5.69. The van der Waals surface area contributed by atoms with Gasteiger partial charge in [0.15, 0.2) is 0 Å². The molecule has 0 saturated heterocycles. The van der Waals surface area contributed by atoms with Crippen LogP contribution in [0.2, 0.25) is 0 Å². The quantitative estimate of drug-likeness (QED) is 0.924. The summed E-state index contributed by atoms with van der Waals surface area (Å²) in [7, 11) is 0. The van der Waals surface area contributed by atoms with E-state index >= 15 is 0 Å². The van der Waals surface area contributed by atoms with Crippen molar-refractivity contribution in [1.29, 1.82) is 0 Å². The highest BCUT2D eigenvalue weighted by Gasteiger charge is 2.24. The second kappa shape index (κ2) is 4.90. The van der Waals surface area contributed by atoms with Crippen molar-refractivity contribution in [1.82, 2.24) is 20.1 Å². The Labute approximate surface area is 118 Å². The highest BCUT2D eigenvalue weighted by atomic mass is 16.5. The number of para-hydroxylation sites is 1. The summed E-state index contributed by atoms with van der Waals surface area (Å²) < 4.78 is 7.95. The first-order valence-corrected chi connectivity index (χ1v) is 7.28. The molecule has 2 aliphatic heterocycles. The fourth-order valence-electron chi connectivity index (χ4n) is 3.05. The minimum atomic E-state index is 0.253. The minimum absolute atomic E-state index is 0.253. The van der Waals surface area contributed by atoms with Gasteiger partial charge < -0.3 is 9.30 Å². The Morgan fingerprint density at radius 2 is 2.20 bits per heavy atom. The molecule has 0 aliphatic carbocycles. The van der Waals surface area contributed by atoms with E-state index in [1.807, 2.05) is 12.1 Å². The van der Waals surface area contributed by atoms with Crippen molar-refractivity contribution in [2.75, 3.05) is 6.61 Å². The number of benzene rings is 1. The Kier molecular flexibility index (Phi) is 2.92. The van der Waals surface area contributed by atoms with E-state index in [0.717, 1.165) is 36.9 Å². The van der Waals surface area contributed by atoms with Gasteiger partial charge in [0.05, 0.1) is 12.6 Å². The van der Waals surface area contributed by atoms with Gasteiger partial charge >= 0.3 is 0 Å². The number of hydrogen-bond acceptors (Lipinski definition) is 4. The first-order valence-electron chi connectivity index (χ1n) is 7.28. The van der Waals surface area contributed by atoms with E-state index < -0.39 is 0 Å². The lowest BCUT2D eigenvalue weighted by atomic mass is 10.1. The SMILES string of the molecule is c1ccc2c(c1)OCC2NCc1nnc2n1CCCC2. The number of nitrogens with one attached hydrogen (secondary N) is 1. The molecule has 2 aliphatic rings. The molecule has 5 heteroatoms. The molecular weight excluding hydrogens is 252 g/mol. The Balaban J connectivity index is 1.48. The van der Waals surface area contributed by atoms with E-state index in [4.69, 9.17) is 4.74 Å². The van der Waals surface area contributed by atoms with E-state index in [1.54, 1.807) is 0 Å². The highest BCUT2D eigenvalue weighted by molar-refractivity contribution is 5.39. The molecule has 2 aromatic rings. The zero-order valence-corrected chi connectivity index (χ0v) is 11.4. The summed E-state index contributed by atoms with van der Waals surface area (Å²) in [6.07, 6.45) is 3.52. The van der Waals surface area contributed by atoms with Crippen molar-refractivity contribution >= 4 is 0 Å². The number of aromatic nitrogens is 3. The van der Waals surface area contributed by atoms with Crippen LogP contribution in [0.15, 0.2) is 24.3 Å². The van der Waals surface area contributed by atoms with Gasteiger partial charge in [0.2, 0.25) is 0 Å². The van der Waals surface area contributed by atoms with Crippen LogP contribution in [0, 0.1) is 0 Å². The van der Waals surface area contributed by atoms with Gasteiger partial charge in [-0.25, -0.2) is 0 Å². The van der Waals surface area contributed by atoms with Crippen LogP contribution in [0.25, 0.3) is 0 Å². The molecular formula is C15H18N4O. The molecule has 0 spiro atoms. The highest BCUT2D eigenvalue weighted by Crippen LogP contribution is 2.31. The van der Waals surface area contributed by atoms with Gasteiger partial charge in [-0.1, -0.05) is 18.2 Å². The maximum atomic E-state index is 5.69. The van der Waals surface area contributed by atoms with E-state index in [9.17, 15) is 0 Å². The number of ether oxygens (including phenoxy) is 1. The van der Waals surface area contributed by atoms with Crippen molar-refractivity contribution < 1.29 is 4.74 Å². The molecule has 3 heterocycles. The van der Waals surface area contributed by atoms with Crippen LogP contribution in [-0.2, 0) is 19.5 Å². The predicted octanol–water partition coefficient (Wildman–Crippen LogP) is 1.84. The van der Waals surface area contributed by atoms with Gasteiger partial charge in [-0.15, -0.1) is 10.2 Å². The van der Waals surface area contributed by atoms with Crippen LogP contribution in [0.3, 0.4) is 0 Å². The molecule has 0 radical (unpaired) electrons. The van der Waals surface area contributed by atoms with Crippen molar-refractivity contribution in [2.24, 2.45) is 0 Å². The van der Waals surface area contributed by atoms with Crippen LogP contribution < -0.4 is 10.1 Å². The summed E-state index contributed by atoms with van der Waals surface area (Å²) in [4.78, 5) is 0. The smallest absolute Gasteiger partial charge is 0.147 e. The average molecular weight is 270 g/mol. The molecule has 0 bridgehead atoms. The maximum Gasteiger partial charge on any atom is 0.147 e. The molecule has 20 heavy (non-hydrogen) atoms. The first-order chi connectivity index (χ1) is 9.92. The van der Waals surface area contributed by atoms with Crippen molar-refractivity contribution in [3.8, 4) is 5.75 Å². The number of fused-ring (bicyclic) bond motifs is 2. The second-order valence-corrected chi connectivity index (χ2v) is 5.42. The van der Waals surface area contributed by atoms with Gasteiger partial charge in [-0.05, 0) is 18.9 Å². The molecule has 1 aromatic heterocycles. The number of rotatable bonds is 3. The van der Waals surface area contributed by atoms with Crippen LogP contribution in [0.5, 0.6) is 5.75 Å². The van der Waals surface area contributed by atoms with Gasteiger partial charge in [0.1, 0.15) is 24.0 Å². The average Bonchev–Trinajstić information content (AvgIpc) is 3.09. The number of aryl methyl sites for hydroxylation is 1. The van der Waals surface area contributed by atoms with Gasteiger partial charge in [0.25, 0.3) is 0 Å². The summed E-state index contributed by atoms with van der Waals surface area (Å²) in [5.41, 5.74) is 1.24. The standard InChI is InChI=1S/C15H18N4O/c1-2-6-13-11(5-1)12(10-20-13)16-9-15-18-17-14-7-3-4-8-19(14)15/h1-2,5-6,12,16H,3-4,7-10H2. The lowest BCUT2D eigenvalue weighted by Crippen LogP contribution is -2.25. The molecule has 0 fully saturated rings. The zero-order valence-electron chi connectivity index (χ0n) is 11.4. The van der Waals surface area contributed by atoms with E-state index in [-0.39, 0.29) is 6.04 Å². The van der Waals surface area contributed by atoms with Gasteiger partial charge in [0, 0.05) is 18.5 Å². The third-order valence-corrected chi connectivity index (χ3v) is 4.14. The normalized spacial score (nSPS) is 20.3. The first kappa shape index (κ1) is 11.9. The molecule has 1 unspecified atom stereocenters. The third-order valence-electron chi connectivity index (χ3n) is 4.14. The monoisotopic (exact) mass is 270 g/mol. The Morgan fingerprint density at radius 3 is 3.20 bits per heavy atom. The minimum Gasteiger partial charge on any atom is -0.491 e. The third kappa shape index (κ3) is 1.98. The van der Waals surface area contributed by atoms with Crippen molar-refractivity contribution in [3.63, 3.8) is 0 Å². The number of hydrogen-bond donors (Lipinski definition) is 1. The van der Waals surface area contributed by atoms with Crippen LogP contribution in [0.1, 0.15) is 36.1 Å². The second-order valence-electron chi connectivity index (χ2n) is 5.42. The summed E-state index contributed by atoms with van der Waals surface area (Å²) in [5, 5.41) is 12.2. The van der Waals surface area contributed by atoms with E-state index in [2.05, 4.69) is 32.2 Å². The van der Waals surface area contributed by atoms with Crippen LogP contribution in [-0.4, -0.2) is 21.4 Å². The molecule has 1 atom stereocenters. The summed E-state index contributed by atoms with van der Waals surface area (Å²) in [6, 6.07) is 8.47. The largest absolute Gasteiger partial charge is 0.491 e. The van der Waals surface area contributed by atoms with E-state index in [1.165, 1.54) is 18.4 Å². The number of nitrogens with zero attached hydrogens (tertiary/aromatic N) is 3. The molecule has 1 N–H and O–H groups in total. The zero-order chi connectivity index (χ0) is 13.4. The molecule has 1 aromatic carbocycles. The molecule has 5 nitrogen and oxygen atoms in total. The lowest BCUT2D eigenvalue weighted by molar-refractivity contribution is 0.308. The Bertz CT molecular complexity index is 622. The van der Waals surface area contributed by atoms with Gasteiger partial charge in [-0.2, -0.15) is 0 Å². The molecule has 4 rings (SSSR count). The van der Waals surface area contributed by atoms with E-state index in [0.29, 0.717) is 6.61 Å². The van der Waals surface area contributed by atoms with Crippen molar-refractivity contribution in [2.45, 2.75) is 38.4 Å². The van der Waals surface area contributed by atoms with Crippen LogP contribution in [0.4, 0.5) is 0 Å². The van der Waals surface area contributed by atoms with Crippen molar-refractivity contribution in [3.05, 3.63) is 41.5 Å². The summed E-state index contributed by atoms with van der Waals surface area (Å²) in [6.45, 7) is 2.49. The van der Waals surface area contributed by atoms with Crippen LogP contribution >= 0.6 is 0 Å². The molecule has 0 saturated carbocycles. The van der Waals surface area contributed by atoms with Gasteiger partial charge in [-0.3, -0.25) is 5.32 Å². The fourth-order valence-corrected chi connectivity index (χ4v) is 3.05.